The molecule has 3 rings (SSSR count). The lowest BCUT2D eigenvalue weighted by atomic mass is 9.92. The molecule has 2 aromatic rings. The van der Waals surface area contributed by atoms with E-state index in [4.69, 9.17) is 14.9 Å². The molecule has 27 heavy (non-hydrogen) atoms. The molecule has 0 bridgehead atoms. The van der Waals surface area contributed by atoms with Crippen molar-refractivity contribution >= 4 is 29.9 Å². The van der Waals surface area contributed by atoms with Gasteiger partial charge in [0.25, 0.3) is 11.8 Å². The highest BCUT2D eigenvalue weighted by atomic mass is 35.5. The maximum Gasteiger partial charge on any atom is 0.291 e. The SMILES string of the molecule is Cl.NC1CCC(NC(=O)COc2cccc(NC(=O)c3ccco3)c2)CC1. The summed E-state index contributed by atoms with van der Waals surface area (Å²) in [5, 5.41) is 5.69. The molecule has 0 saturated heterocycles. The Hall–Kier alpha value is -2.51. The molecule has 0 atom stereocenters. The van der Waals surface area contributed by atoms with Crippen molar-refractivity contribution in [3.05, 3.63) is 48.4 Å². The monoisotopic (exact) mass is 393 g/mol. The minimum atomic E-state index is -0.347. The van der Waals surface area contributed by atoms with Gasteiger partial charge in [0.05, 0.1) is 6.26 Å². The van der Waals surface area contributed by atoms with Gasteiger partial charge in [0.1, 0.15) is 5.75 Å². The van der Waals surface area contributed by atoms with Gasteiger partial charge in [-0.3, -0.25) is 9.59 Å². The molecule has 1 heterocycles. The Balaban J connectivity index is 0.00000261. The van der Waals surface area contributed by atoms with Crippen LogP contribution in [0.5, 0.6) is 5.75 Å². The third-order valence-corrected chi connectivity index (χ3v) is 4.34. The summed E-state index contributed by atoms with van der Waals surface area (Å²) < 4.78 is 10.6. The Morgan fingerprint density at radius 3 is 2.63 bits per heavy atom. The highest BCUT2D eigenvalue weighted by Gasteiger charge is 2.20. The van der Waals surface area contributed by atoms with E-state index in [1.54, 1.807) is 36.4 Å². The fourth-order valence-corrected chi connectivity index (χ4v) is 2.95. The van der Waals surface area contributed by atoms with Crippen molar-refractivity contribution in [1.29, 1.82) is 0 Å². The first-order valence-corrected chi connectivity index (χ1v) is 8.73. The van der Waals surface area contributed by atoms with Gasteiger partial charge in [-0.25, -0.2) is 0 Å². The molecule has 8 heteroatoms. The van der Waals surface area contributed by atoms with E-state index in [0.717, 1.165) is 25.7 Å². The number of ether oxygens (including phenoxy) is 1. The number of benzene rings is 1. The number of hydrogen-bond acceptors (Lipinski definition) is 5. The van der Waals surface area contributed by atoms with Crippen LogP contribution >= 0.6 is 12.4 Å². The Labute approximate surface area is 164 Å². The van der Waals surface area contributed by atoms with E-state index >= 15 is 0 Å². The average Bonchev–Trinajstić information content (AvgIpc) is 3.17. The number of carbonyl (C=O) groups excluding carboxylic acids is 2. The number of halogens is 1. The molecule has 1 aliphatic carbocycles. The van der Waals surface area contributed by atoms with Crippen molar-refractivity contribution < 1.29 is 18.7 Å². The van der Waals surface area contributed by atoms with Gasteiger partial charge in [0.2, 0.25) is 0 Å². The molecule has 4 N–H and O–H groups in total. The lowest BCUT2D eigenvalue weighted by Gasteiger charge is -2.26. The highest BCUT2D eigenvalue weighted by Crippen LogP contribution is 2.19. The number of furan rings is 1. The van der Waals surface area contributed by atoms with Crippen molar-refractivity contribution in [1.82, 2.24) is 5.32 Å². The van der Waals surface area contributed by atoms with Gasteiger partial charge in [-0.05, 0) is 49.9 Å². The van der Waals surface area contributed by atoms with Gasteiger partial charge < -0.3 is 25.5 Å². The molecule has 0 spiro atoms. The molecule has 0 aliphatic heterocycles. The predicted octanol–water partition coefficient (Wildman–Crippen LogP) is 2.72. The minimum absolute atomic E-state index is 0. The Bertz CT molecular complexity index is 743. The molecule has 1 fully saturated rings. The second-order valence-electron chi connectivity index (χ2n) is 6.43. The largest absolute Gasteiger partial charge is 0.484 e. The molecule has 146 valence electrons. The van der Waals surface area contributed by atoms with E-state index in [1.165, 1.54) is 6.26 Å². The fraction of sp³-hybridized carbons (Fsp3) is 0.368. The van der Waals surface area contributed by atoms with Crippen LogP contribution in [-0.2, 0) is 4.79 Å². The molecular formula is C19H24ClN3O4. The van der Waals surface area contributed by atoms with Crippen molar-refractivity contribution in [3.63, 3.8) is 0 Å². The average molecular weight is 394 g/mol. The molecule has 1 saturated carbocycles. The zero-order chi connectivity index (χ0) is 18.4. The fourth-order valence-electron chi connectivity index (χ4n) is 2.95. The van der Waals surface area contributed by atoms with E-state index < -0.39 is 0 Å². The Morgan fingerprint density at radius 1 is 1.15 bits per heavy atom. The van der Waals surface area contributed by atoms with E-state index in [2.05, 4.69) is 10.6 Å². The van der Waals surface area contributed by atoms with E-state index in [1.807, 2.05) is 0 Å². The summed E-state index contributed by atoms with van der Waals surface area (Å²) in [6, 6.07) is 10.5. The normalized spacial score (nSPS) is 18.9. The summed E-state index contributed by atoms with van der Waals surface area (Å²) in [4.78, 5) is 24.0. The first kappa shape index (κ1) is 20.8. The second-order valence-corrected chi connectivity index (χ2v) is 6.43. The number of anilines is 1. The van der Waals surface area contributed by atoms with Gasteiger partial charge in [-0.15, -0.1) is 12.4 Å². The lowest BCUT2D eigenvalue weighted by molar-refractivity contribution is -0.124. The maximum absolute atomic E-state index is 12.0. The van der Waals surface area contributed by atoms with Crippen molar-refractivity contribution in [3.8, 4) is 5.75 Å². The number of nitrogens with one attached hydrogen (secondary N) is 2. The topological polar surface area (TPSA) is 107 Å². The van der Waals surface area contributed by atoms with E-state index in [0.29, 0.717) is 11.4 Å². The summed E-state index contributed by atoms with van der Waals surface area (Å²) in [5.74, 6) is 0.224. The standard InChI is InChI=1S/C19H23N3O4.ClH/c20-13-6-8-14(9-7-13)21-18(23)12-26-16-4-1-3-15(11-16)22-19(24)17-5-2-10-25-17;/h1-5,10-11,13-14H,6-9,12,20H2,(H,21,23)(H,22,24);1H. The summed E-state index contributed by atoms with van der Waals surface area (Å²) >= 11 is 0. The summed E-state index contributed by atoms with van der Waals surface area (Å²) in [5.41, 5.74) is 6.43. The summed E-state index contributed by atoms with van der Waals surface area (Å²) in [7, 11) is 0. The highest BCUT2D eigenvalue weighted by molar-refractivity contribution is 6.02. The predicted molar refractivity (Wildman–Crippen MR) is 104 cm³/mol. The number of carbonyl (C=O) groups is 2. The van der Waals surface area contributed by atoms with Crippen LogP contribution in [0.1, 0.15) is 36.2 Å². The molecular weight excluding hydrogens is 370 g/mol. The first-order valence-electron chi connectivity index (χ1n) is 8.73. The van der Waals surface area contributed by atoms with Gasteiger partial charge >= 0.3 is 0 Å². The number of rotatable bonds is 6. The molecule has 0 radical (unpaired) electrons. The van der Waals surface area contributed by atoms with E-state index in [-0.39, 0.29) is 48.7 Å². The molecule has 1 aromatic carbocycles. The van der Waals surface area contributed by atoms with Gasteiger partial charge in [-0.1, -0.05) is 6.07 Å². The van der Waals surface area contributed by atoms with Crippen LogP contribution in [0.25, 0.3) is 0 Å². The van der Waals surface area contributed by atoms with Gasteiger partial charge in [-0.2, -0.15) is 0 Å². The molecule has 1 aromatic heterocycles. The number of nitrogens with two attached hydrogens (primary N) is 1. The number of amides is 2. The van der Waals surface area contributed by atoms with Crippen LogP contribution in [-0.4, -0.2) is 30.5 Å². The number of hydrogen-bond donors (Lipinski definition) is 3. The smallest absolute Gasteiger partial charge is 0.291 e. The van der Waals surface area contributed by atoms with Crippen molar-refractivity contribution in [2.45, 2.75) is 37.8 Å². The quantitative estimate of drug-likeness (QED) is 0.699. The van der Waals surface area contributed by atoms with E-state index in [9.17, 15) is 9.59 Å². The molecule has 1 aliphatic rings. The molecule has 0 unspecified atom stereocenters. The zero-order valence-corrected chi connectivity index (χ0v) is 15.7. The third kappa shape index (κ3) is 6.30. The van der Waals surface area contributed by atoms with Crippen LogP contribution in [0.2, 0.25) is 0 Å². The van der Waals surface area contributed by atoms with Crippen LogP contribution in [0.3, 0.4) is 0 Å². The Kier molecular flexibility index (Phi) is 7.69. The van der Waals surface area contributed by atoms with Gasteiger partial charge in [0, 0.05) is 23.8 Å². The zero-order valence-electron chi connectivity index (χ0n) is 14.9. The maximum atomic E-state index is 12.0. The summed E-state index contributed by atoms with van der Waals surface area (Å²) in [6.07, 6.45) is 5.11. The van der Waals surface area contributed by atoms with Gasteiger partial charge in [0.15, 0.2) is 12.4 Å². The third-order valence-electron chi connectivity index (χ3n) is 4.34. The lowest BCUT2D eigenvalue weighted by Crippen LogP contribution is -2.42. The van der Waals surface area contributed by atoms with Crippen LogP contribution in [0.4, 0.5) is 5.69 Å². The van der Waals surface area contributed by atoms with Crippen molar-refractivity contribution in [2.75, 3.05) is 11.9 Å². The van der Waals surface area contributed by atoms with Crippen LogP contribution in [0.15, 0.2) is 47.1 Å². The molecule has 7 nitrogen and oxygen atoms in total. The first-order chi connectivity index (χ1) is 12.6. The molecule has 2 amide bonds. The van der Waals surface area contributed by atoms with Crippen LogP contribution < -0.4 is 21.1 Å². The summed E-state index contributed by atoms with van der Waals surface area (Å²) in [6.45, 7) is -0.0713. The van der Waals surface area contributed by atoms with Crippen LogP contribution in [0, 0.1) is 0 Å². The second kappa shape index (κ2) is 9.99. The minimum Gasteiger partial charge on any atom is -0.484 e. The Morgan fingerprint density at radius 2 is 1.93 bits per heavy atom. The van der Waals surface area contributed by atoms with Crippen molar-refractivity contribution in [2.24, 2.45) is 5.73 Å².